The molecule has 0 fully saturated rings. The molecule has 5 heterocycles. The zero-order chi connectivity index (χ0) is 26.6. The van der Waals surface area contributed by atoms with Crippen molar-refractivity contribution in [1.82, 2.24) is 39.3 Å². The van der Waals surface area contributed by atoms with E-state index < -0.39 is 23.8 Å². The van der Waals surface area contributed by atoms with Crippen LogP contribution in [0.5, 0.6) is 0 Å². The van der Waals surface area contributed by atoms with Crippen LogP contribution in [-0.4, -0.2) is 45.2 Å². The van der Waals surface area contributed by atoms with Crippen molar-refractivity contribution in [3.63, 3.8) is 0 Å². The number of aryl methyl sites for hydroxylation is 1. The van der Waals surface area contributed by atoms with Gasteiger partial charge in [0.05, 0.1) is 34.6 Å². The van der Waals surface area contributed by atoms with Gasteiger partial charge < -0.3 is 5.32 Å². The maximum Gasteiger partial charge on any atom is 0.333 e. The molecule has 1 aliphatic carbocycles. The number of carbonyl (C=O) groups excluding carboxylic acids is 1. The van der Waals surface area contributed by atoms with Gasteiger partial charge in [-0.3, -0.25) is 9.78 Å². The van der Waals surface area contributed by atoms with Gasteiger partial charge in [0.15, 0.2) is 11.5 Å². The maximum atomic E-state index is 14.1. The van der Waals surface area contributed by atoms with Gasteiger partial charge in [-0.2, -0.15) is 18.3 Å². The van der Waals surface area contributed by atoms with Gasteiger partial charge in [-0.05, 0) is 44.0 Å². The number of pyridine rings is 1. The third-order valence-electron chi connectivity index (χ3n) is 6.81. The van der Waals surface area contributed by atoms with Crippen molar-refractivity contribution in [2.24, 2.45) is 0 Å². The van der Waals surface area contributed by atoms with Crippen molar-refractivity contribution in [3.05, 3.63) is 83.7 Å². The van der Waals surface area contributed by atoms with Crippen LogP contribution in [0, 0.1) is 12.9 Å². The Balaban J connectivity index is 1.37. The van der Waals surface area contributed by atoms with Crippen LogP contribution in [0.1, 0.15) is 48.3 Å². The Morgan fingerprint density at radius 3 is 2.63 bits per heavy atom. The van der Waals surface area contributed by atoms with Gasteiger partial charge in [0.2, 0.25) is 11.9 Å². The molecule has 10 nitrogen and oxygen atoms in total. The van der Waals surface area contributed by atoms with Crippen molar-refractivity contribution in [2.75, 3.05) is 5.32 Å². The van der Waals surface area contributed by atoms with Crippen LogP contribution in [0.3, 0.4) is 0 Å². The number of nitrogens with zero attached hydrogens (tertiary/aromatic N) is 8. The molecule has 0 unspecified atom stereocenters. The topological polar surface area (TPSA) is 116 Å². The number of hydrogen-bond donors (Lipinski definition) is 1. The highest BCUT2D eigenvalue weighted by Gasteiger charge is 2.48. The molecule has 0 radical (unpaired) electrons. The van der Waals surface area contributed by atoms with E-state index in [-0.39, 0.29) is 18.0 Å². The Hall–Kier alpha value is -4.68. The number of amides is 1. The SMILES string of the molecule is Cc1cc(NC(=O)[C@@H]2C[C@](C)(c3ccn(C(F)F)n3)c3c2cnc2cc(F)nn32)cnc1-c1ncccn1. The number of nitrogens with one attached hydrogen (secondary N) is 1. The van der Waals surface area contributed by atoms with Gasteiger partial charge >= 0.3 is 6.55 Å². The van der Waals surface area contributed by atoms with E-state index >= 15 is 0 Å². The summed E-state index contributed by atoms with van der Waals surface area (Å²) in [4.78, 5) is 30.7. The zero-order valence-corrected chi connectivity index (χ0v) is 20.2. The van der Waals surface area contributed by atoms with E-state index in [2.05, 4.69) is 35.5 Å². The van der Waals surface area contributed by atoms with E-state index in [1.807, 2.05) is 6.92 Å². The van der Waals surface area contributed by atoms with Crippen molar-refractivity contribution >= 4 is 17.2 Å². The predicted octanol–water partition coefficient (Wildman–Crippen LogP) is 4.05. The molecule has 2 atom stereocenters. The van der Waals surface area contributed by atoms with Gasteiger partial charge in [-0.25, -0.2) is 24.1 Å². The minimum absolute atomic E-state index is 0.180. The number of fused-ring (bicyclic) bond motifs is 3. The van der Waals surface area contributed by atoms with E-state index in [0.29, 0.717) is 38.8 Å². The van der Waals surface area contributed by atoms with Crippen LogP contribution in [0.4, 0.5) is 18.9 Å². The first-order chi connectivity index (χ1) is 18.2. The van der Waals surface area contributed by atoms with Crippen LogP contribution in [-0.2, 0) is 10.2 Å². The number of alkyl halides is 2. The third kappa shape index (κ3) is 3.78. The van der Waals surface area contributed by atoms with Gasteiger partial charge in [-0.1, -0.05) is 0 Å². The third-order valence-corrected chi connectivity index (χ3v) is 6.81. The number of hydrogen-bond acceptors (Lipinski definition) is 7. The second-order valence-electron chi connectivity index (χ2n) is 9.30. The summed E-state index contributed by atoms with van der Waals surface area (Å²) < 4.78 is 42.6. The monoisotopic (exact) mass is 519 g/mol. The fourth-order valence-electron chi connectivity index (χ4n) is 5.07. The van der Waals surface area contributed by atoms with Gasteiger partial charge in [-0.15, -0.1) is 5.10 Å². The molecule has 1 aliphatic rings. The van der Waals surface area contributed by atoms with E-state index in [9.17, 15) is 18.0 Å². The van der Waals surface area contributed by atoms with Crippen molar-refractivity contribution in [1.29, 1.82) is 0 Å². The molecule has 0 bridgehead atoms. The van der Waals surface area contributed by atoms with Gasteiger partial charge in [0.1, 0.15) is 5.69 Å². The molecule has 0 saturated heterocycles. The first-order valence-corrected chi connectivity index (χ1v) is 11.7. The zero-order valence-electron chi connectivity index (χ0n) is 20.2. The highest BCUT2D eigenvalue weighted by atomic mass is 19.3. The summed E-state index contributed by atoms with van der Waals surface area (Å²) in [5.41, 5.74) is 2.30. The molecule has 13 heteroatoms. The molecule has 0 aromatic carbocycles. The van der Waals surface area contributed by atoms with E-state index in [1.165, 1.54) is 29.2 Å². The Labute approximate surface area is 213 Å². The molecular formula is C25H20F3N9O. The summed E-state index contributed by atoms with van der Waals surface area (Å²) in [6, 6.07) is 6.11. The molecule has 1 N–H and O–H groups in total. The number of carbonyl (C=O) groups is 1. The molecule has 0 saturated carbocycles. The molecule has 6 rings (SSSR count). The van der Waals surface area contributed by atoms with Gasteiger partial charge in [0, 0.05) is 36.4 Å². The Kier molecular flexibility index (Phi) is 5.44. The first kappa shape index (κ1) is 23.7. The fourth-order valence-corrected chi connectivity index (χ4v) is 5.07. The molecule has 38 heavy (non-hydrogen) atoms. The van der Waals surface area contributed by atoms with Crippen molar-refractivity contribution < 1.29 is 18.0 Å². The second-order valence-corrected chi connectivity index (χ2v) is 9.30. The molecule has 0 aliphatic heterocycles. The molecule has 5 aromatic heterocycles. The average Bonchev–Trinajstić information content (AvgIpc) is 3.60. The summed E-state index contributed by atoms with van der Waals surface area (Å²) in [6.07, 6.45) is 7.61. The highest BCUT2D eigenvalue weighted by Crippen LogP contribution is 2.49. The van der Waals surface area contributed by atoms with E-state index in [0.717, 1.165) is 11.6 Å². The molecule has 192 valence electrons. The lowest BCUT2D eigenvalue weighted by Gasteiger charge is -2.23. The summed E-state index contributed by atoms with van der Waals surface area (Å²) in [5.74, 6) is -1.38. The second kappa shape index (κ2) is 8.71. The minimum atomic E-state index is -2.83. The lowest BCUT2D eigenvalue weighted by atomic mass is 9.82. The van der Waals surface area contributed by atoms with Crippen LogP contribution in [0.25, 0.3) is 17.2 Å². The van der Waals surface area contributed by atoms with Crippen LogP contribution >= 0.6 is 0 Å². The molecule has 0 spiro atoms. The summed E-state index contributed by atoms with van der Waals surface area (Å²) in [6.45, 7) is 0.783. The number of halogens is 3. The predicted molar refractivity (Wildman–Crippen MR) is 129 cm³/mol. The van der Waals surface area contributed by atoms with Crippen LogP contribution < -0.4 is 5.32 Å². The van der Waals surface area contributed by atoms with Crippen molar-refractivity contribution in [2.45, 2.75) is 38.2 Å². The smallest absolute Gasteiger partial charge is 0.324 e. The van der Waals surface area contributed by atoms with Crippen LogP contribution in [0.15, 0.2) is 55.2 Å². The fraction of sp³-hybridized carbons (Fsp3) is 0.240. The van der Waals surface area contributed by atoms with Crippen LogP contribution in [0.2, 0.25) is 0 Å². The normalized spacial score (nSPS) is 18.7. The highest BCUT2D eigenvalue weighted by molar-refractivity contribution is 5.97. The number of aromatic nitrogens is 8. The quantitative estimate of drug-likeness (QED) is 0.372. The Bertz CT molecular complexity index is 1680. The largest absolute Gasteiger partial charge is 0.333 e. The van der Waals surface area contributed by atoms with Crippen molar-refractivity contribution in [3.8, 4) is 11.5 Å². The summed E-state index contributed by atoms with van der Waals surface area (Å²) in [7, 11) is 0. The molecular weight excluding hydrogens is 499 g/mol. The standard InChI is InChI=1S/C25H20F3N9O/c1-13-8-14(11-32-20(13)22-29-5-3-6-30-22)33-23(38)15-10-25(2,17-4-7-36(34-17)24(27)28)21-16(15)12-31-19-9-18(26)35-37(19)21/h3-9,11-12,15,24H,10H2,1-2H3,(H,33,38)/t15-,25-/m1/s1. The lowest BCUT2D eigenvalue weighted by molar-refractivity contribution is -0.117. The molecule has 1 amide bonds. The Morgan fingerprint density at radius 1 is 1.13 bits per heavy atom. The minimum Gasteiger partial charge on any atom is -0.324 e. The average molecular weight is 519 g/mol. The summed E-state index contributed by atoms with van der Waals surface area (Å²) in [5, 5.41) is 10.9. The van der Waals surface area contributed by atoms with E-state index in [1.54, 1.807) is 31.5 Å². The maximum absolute atomic E-state index is 14.1. The van der Waals surface area contributed by atoms with E-state index in [4.69, 9.17) is 0 Å². The number of anilines is 1. The summed E-state index contributed by atoms with van der Waals surface area (Å²) >= 11 is 0. The lowest BCUT2D eigenvalue weighted by Crippen LogP contribution is -2.26. The molecule has 5 aromatic rings. The number of rotatable bonds is 5. The first-order valence-electron chi connectivity index (χ1n) is 11.7. The van der Waals surface area contributed by atoms with Gasteiger partial charge in [0.25, 0.3) is 0 Å². The Morgan fingerprint density at radius 2 is 1.92 bits per heavy atom.